The van der Waals surface area contributed by atoms with Crippen molar-refractivity contribution < 1.29 is 5.11 Å². The molecule has 2 rings (SSSR count). The highest BCUT2D eigenvalue weighted by molar-refractivity contribution is 5.28. The molecule has 1 heterocycles. The van der Waals surface area contributed by atoms with E-state index in [4.69, 9.17) is 0 Å². The summed E-state index contributed by atoms with van der Waals surface area (Å²) in [6, 6.07) is 8.73. The van der Waals surface area contributed by atoms with Gasteiger partial charge in [0.2, 0.25) is 0 Å². The second kappa shape index (κ2) is 5.72. The molecule has 2 unspecified atom stereocenters. The summed E-state index contributed by atoms with van der Waals surface area (Å²) in [6.45, 7) is 7.94. The highest BCUT2D eigenvalue weighted by atomic mass is 16.3. The van der Waals surface area contributed by atoms with E-state index < -0.39 is 0 Å². The van der Waals surface area contributed by atoms with Crippen LogP contribution in [0.5, 0.6) is 5.75 Å². The SMILES string of the molecule is CCC(c1ccc(O)cc1)N1CCN(C)CC1C. The van der Waals surface area contributed by atoms with Gasteiger partial charge in [-0.1, -0.05) is 19.1 Å². The maximum Gasteiger partial charge on any atom is 0.115 e. The van der Waals surface area contributed by atoms with E-state index in [1.54, 1.807) is 12.1 Å². The molecule has 1 fully saturated rings. The Morgan fingerprint density at radius 3 is 2.50 bits per heavy atom. The highest BCUT2D eigenvalue weighted by Crippen LogP contribution is 2.28. The predicted molar refractivity (Wildman–Crippen MR) is 74.8 cm³/mol. The van der Waals surface area contributed by atoms with Crippen LogP contribution in [0.15, 0.2) is 24.3 Å². The zero-order chi connectivity index (χ0) is 13.1. The minimum Gasteiger partial charge on any atom is -0.508 e. The first-order valence-corrected chi connectivity index (χ1v) is 6.85. The molecule has 3 heteroatoms. The van der Waals surface area contributed by atoms with Crippen LogP contribution in [0.4, 0.5) is 0 Å². The van der Waals surface area contributed by atoms with Crippen LogP contribution in [0.25, 0.3) is 0 Å². The Kier molecular flexibility index (Phi) is 4.25. The summed E-state index contributed by atoms with van der Waals surface area (Å²) < 4.78 is 0. The molecule has 18 heavy (non-hydrogen) atoms. The molecule has 3 nitrogen and oxygen atoms in total. The minimum absolute atomic E-state index is 0.347. The Balaban J connectivity index is 2.15. The summed E-state index contributed by atoms with van der Waals surface area (Å²) in [6.07, 6.45) is 1.11. The van der Waals surface area contributed by atoms with Gasteiger partial charge < -0.3 is 10.0 Å². The Morgan fingerprint density at radius 1 is 1.28 bits per heavy atom. The van der Waals surface area contributed by atoms with E-state index in [9.17, 15) is 5.11 Å². The van der Waals surface area contributed by atoms with Crippen molar-refractivity contribution in [2.45, 2.75) is 32.4 Å². The smallest absolute Gasteiger partial charge is 0.115 e. The van der Waals surface area contributed by atoms with Crippen LogP contribution in [0.2, 0.25) is 0 Å². The molecule has 1 saturated heterocycles. The number of phenolic OH excluding ortho intramolecular Hbond substituents is 1. The molecule has 0 radical (unpaired) electrons. The lowest BCUT2D eigenvalue weighted by molar-refractivity contribution is 0.0588. The van der Waals surface area contributed by atoms with Gasteiger partial charge in [-0.3, -0.25) is 4.90 Å². The van der Waals surface area contributed by atoms with Crippen LogP contribution in [0.3, 0.4) is 0 Å². The maximum atomic E-state index is 9.39. The van der Waals surface area contributed by atoms with E-state index in [-0.39, 0.29) is 0 Å². The third-order valence-corrected chi connectivity index (χ3v) is 3.95. The Morgan fingerprint density at radius 2 is 1.94 bits per heavy atom. The molecule has 2 atom stereocenters. The fraction of sp³-hybridized carbons (Fsp3) is 0.600. The number of piperazine rings is 1. The third-order valence-electron chi connectivity index (χ3n) is 3.95. The number of rotatable bonds is 3. The monoisotopic (exact) mass is 248 g/mol. The normalized spacial score (nSPS) is 24.1. The number of phenols is 1. The molecule has 0 spiro atoms. The molecule has 0 aromatic heterocycles. The van der Waals surface area contributed by atoms with E-state index in [1.165, 1.54) is 5.56 Å². The summed E-state index contributed by atoms with van der Waals surface area (Å²) in [5, 5.41) is 9.39. The largest absolute Gasteiger partial charge is 0.508 e. The van der Waals surface area contributed by atoms with Gasteiger partial charge in [0, 0.05) is 31.7 Å². The van der Waals surface area contributed by atoms with E-state index in [0.29, 0.717) is 17.8 Å². The predicted octanol–water partition coefficient (Wildman–Crippen LogP) is 2.48. The average Bonchev–Trinajstić information content (AvgIpc) is 2.35. The van der Waals surface area contributed by atoms with Gasteiger partial charge in [-0.2, -0.15) is 0 Å². The Labute approximate surface area is 110 Å². The van der Waals surface area contributed by atoms with Gasteiger partial charge in [0.1, 0.15) is 5.75 Å². The van der Waals surface area contributed by atoms with E-state index >= 15 is 0 Å². The van der Waals surface area contributed by atoms with E-state index in [1.807, 2.05) is 0 Å². The number of likely N-dealkylation sites (N-methyl/N-ethyl adjacent to an activating group) is 1. The van der Waals surface area contributed by atoms with Crippen LogP contribution in [0, 0.1) is 0 Å². The van der Waals surface area contributed by atoms with Gasteiger partial charge in [-0.05, 0) is 38.1 Å². The van der Waals surface area contributed by atoms with Crippen LogP contribution < -0.4 is 0 Å². The van der Waals surface area contributed by atoms with Crippen molar-refractivity contribution in [2.24, 2.45) is 0 Å². The standard InChI is InChI=1S/C15H24N2O/c1-4-15(13-5-7-14(18)8-6-13)17-10-9-16(3)11-12(17)2/h5-8,12,15,18H,4,9-11H2,1-3H3. The summed E-state index contributed by atoms with van der Waals surface area (Å²) in [5.74, 6) is 0.347. The van der Waals surface area contributed by atoms with E-state index in [0.717, 1.165) is 26.1 Å². The zero-order valence-corrected chi connectivity index (χ0v) is 11.6. The lowest BCUT2D eigenvalue weighted by Crippen LogP contribution is -2.51. The second-order valence-electron chi connectivity index (χ2n) is 5.36. The third kappa shape index (κ3) is 2.85. The van der Waals surface area contributed by atoms with Crippen molar-refractivity contribution in [1.82, 2.24) is 9.80 Å². The fourth-order valence-electron chi connectivity index (χ4n) is 2.97. The van der Waals surface area contributed by atoms with E-state index in [2.05, 4.69) is 42.8 Å². The summed E-state index contributed by atoms with van der Waals surface area (Å²) in [7, 11) is 2.19. The van der Waals surface area contributed by atoms with Gasteiger partial charge in [0.25, 0.3) is 0 Å². The molecule has 0 aliphatic carbocycles. The second-order valence-corrected chi connectivity index (χ2v) is 5.36. The number of benzene rings is 1. The van der Waals surface area contributed by atoms with Crippen molar-refractivity contribution in [2.75, 3.05) is 26.7 Å². The number of aromatic hydroxyl groups is 1. The Hall–Kier alpha value is -1.06. The molecule has 1 N–H and O–H groups in total. The van der Waals surface area contributed by atoms with Gasteiger partial charge in [0.15, 0.2) is 0 Å². The highest BCUT2D eigenvalue weighted by Gasteiger charge is 2.27. The average molecular weight is 248 g/mol. The minimum atomic E-state index is 0.347. The summed E-state index contributed by atoms with van der Waals surface area (Å²) >= 11 is 0. The molecular weight excluding hydrogens is 224 g/mol. The first kappa shape index (κ1) is 13.4. The number of hydrogen-bond donors (Lipinski definition) is 1. The van der Waals surface area contributed by atoms with Gasteiger partial charge >= 0.3 is 0 Å². The lowest BCUT2D eigenvalue weighted by Gasteiger charge is -2.43. The molecule has 1 aromatic carbocycles. The molecule has 1 aliphatic heterocycles. The summed E-state index contributed by atoms with van der Waals surface area (Å²) in [4.78, 5) is 4.98. The molecule has 0 amide bonds. The Bertz CT molecular complexity index is 377. The van der Waals surface area contributed by atoms with Crippen LogP contribution in [-0.4, -0.2) is 47.6 Å². The van der Waals surface area contributed by atoms with Gasteiger partial charge in [-0.15, -0.1) is 0 Å². The van der Waals surface area contributed by atoms with Crippen LogP contribution in [0.1, 0.15) is 31.9 Å². The first-order chi connectivity index (χ1) is 8.61. The van der Waals surface area contributed by atoms with Gasteiger partial charge in [0.05, 0.1) is 0 Å². The fourth-order valence-corrected chi connectivity index (χ4v) is 2.97. The van der Waals surface area contributed by atoms with Crippen molar-refractivity contribution in [1.29, 1.82) is 0 Å². The zero-order valence-electron chi connectivity index (χ0n) is 11.6. The molecule has 0 bridgehead atoms. The van der Waals surface area contributed by atoms with Crippen LogP contribution >= 0.6 is 0 Å². The van der Waals surface area contributed by atoms with Crippen LogP contribution in [-0.2, 0) is 0 Å². The quantitative estimate of drug-likeness (QED) is 0.890. The van der Waals surface area contributed by atoms with Crippen molar-refractivity contribution in [3.63, 3.8) is 0 Å². The molecular formula is C15H24N2O. The molecule has 0 saturated carbocycles. The first-order valence-electron chi connectivity index (χ1n) is 6.85. The van der Waals surface area contributed by atoms with Crippen molar-refractivity contribution in [3.8, 4) is 5.75 Å². The number of hydrogen-bond acceptors (Lipinski definition) is 3. The summed E-state index contributed by atoms with van der Waals surface area (Å²) in [5.41, 5.74) is 1.31. The topological polar surface area (TPSA) is 26.7 Å². The van der Waals surface area contributed by atoms with Gasteiger partial charge in [-0.25, -0.2) is 0 Å². The lowest BCUT2D eigenvalue weighted by atomic mass is 9.99. The molecule has 1 aliphatic rings. The molecule has 100 valence electrons. The van der Waals surface area contributed by atoms with Crippen molar-refractivity contribution in [3.05, 3.63) is 29.8 Å². The maximum absolute atomic E-state index is 9.39. The number of nitrogens with zero attached hydrogens (tertiary/aromatic N) is 2. The molecule has 1 aromatic rings. The van der Waals surface area contributed by atoms with Crippen molar-refractivity contribution >= 4 is 0 Å².